The fourth-order valence-electron chi connectivity index (χ4n) is 8.20. The Hall–Kier alpha value is -2.20. The van der Waals surface area contributed by atoms with Crippen LogP contribution in [0.3, 0.4) is 0 Å². The van der Waals surface area contributed by atoms with E-state index < -0.39 is 0 Å². The average molecular weight is 861 g/mol. The van der Waals surface area contributed by atoms with E-state index in [0.29, 0.717) is 13.2 Å². The number of ether oxygens (including phenoxy) is 2. The van der Waals surface area contributed by atoms with Gasteiger partial charge >= 0.3 is 0 Å². The van der Waals surface area contributed by atoms with Crippen LogP contribution in [0, 0.1) is 0 Å². The molecule has 348 valence electrons. The lowest BCUT2D eigenvalue weighted by Gasteiger charge is -2.14. The Balaban J connectivity index is 1.68. The number of ketones is 1. The second-order valence-electron chi connectivity index (χ2n) is 18.1. The summed E-state index contributed by atoms with van der Waals surface area (Å²) < 4.78 is 12.7. The van der Waals surface area contributed by atoms with Gasteiger partial charge in [0.1, 0.15) is 0 Å². The summed E-state index contributed by atoms with van der Waals surface area (Å²) in [5.41, 5.74) is 1.68. The third kappa shape index (κ3) is 32.2. The zero-order valence-electron chi connectivity index (χ0n) is 40.4. The Labute approximate surface area is 383 Å². The van der Waals surface area contributed by atoms with Crippen molar-refractivity contribution in [2.75, 3.05) is 19.0 Å². The predicted octanol–water partition coefficient (Wildman–Crippen LogP) is 19.5. The van der Waals surface area contributed by atoms with Gasteiger partial charge in [-0.05, 0) is 73.1 Å². The molecule has 0 aliphatic rings. The first kappa shape index (κ1) is 54.9. The first-order valence-electron chi connectivity index (χ1n) is 26.5. The van der Waals surface area contributed by atoms with Crippen LogP contribution in [0.1, 0.15) is 268 Å². The number of allylic oxidation sites excluding steroid dienone is 1. The molecule has 61 heavy (non-hydrogen) atoms. The minimum absolute atomic E-state index is 0.0233. The van der Waals surface area contributed by atoms with Gasteiger partial charge in [-0.3, -0.25) is 4.79 Å². The van der Waals surface area contributed by atoms with Crippen LogP contribution in [0.2, 0.25) is 0 Å². The quantitative estimate of drug-likeness (QED) is 0.0288. The molecule has 0 atom stereocenters. The number of rotatable bonds is 45. The third-order valence-corrected chi connectivity index (χ3v) is 13.4. The highest BCUT2D eigenvalue weighted by Crippen LogP contribution is 2.30. The smallest absolute Gasteiger partial charge is 0.185 e. The molecule has 0 bridgehead atoms. The average Bonchev–Trinajstić information content (AvgIpc) is 3.28. The van der Waals surface area contributed by atoms with Gasteiger partial charge in [0, 0.05) is 10.5 Å². The van der Waals surface area contributed by atoms with E-state index in [0.717, 1.165) is 41.2 Å². The molecule has 0 aliphatic heterocycles. The summed E-state index contributed by atoms with van der Waals surface area (Å²) >= 11 is 1.86. The molecule has 4 heteroatoms. The summed E-state index contributed by atoms with van der Waals surface area (Å²) in [6.07, 6.45) is 52.7. The van der Waals surface area contributed by atoms with Crippen LogP contribution in [0.15, 0.2) is 53.4 Å². The highest BCUT2D eigenvalue weighted by molar-refractivity contribution is 7.99. The summed E-state index contributed by atoms with van der Waals surface area (Å²) in [5.74, 6) is 2.76. The maximum absolute atomic E-state index is 13.0. The first-order chi connectivity index (χ1) is 30.2. The van der Waals surface area contributed by atoms with E-state index in [1.807, 2.05) is 42.1 Å². The molecule has 2 rings (SSSR count). The van der Waals surface area contributed by atoms with E-state index in [4.69, 9.17) is 9.47 Å². The van der Waals surface area contributed by atoms with Crippen LogP contribution >= 0.6 is 11.8 Å². The molecule has 0 N–H and O–H groups in total. The van der Waals surface area contributed by atoms with Crippen LogP contribution in [-0.4, -0.2) is 24.7 Å². The number of hydrogen-bond donors (Lipinski definition) is 0. The number of hydrogen-bond acceptors (Lipinski definition) is 4. The molecule has 0 amide bonds. The molecule has 0 radical (unpaired) electrons. The van der Waals surface area contributed by atoms with Crippen LogP contribution in [0.25, 0.3) is 6.08 Å². The summed E-state index contributed by atoms with van der Waals surface area (Å²) in [4.78, 5) is 14.3. The van der Waals surface area contributed by atoms with Gasteiger partial charge in [-0.1, -0.05) is 245 Å². The summed E-state index contributed by atoms with van der Waals surface area (Å²) in [6, 6.07) is 14.2. The second kappa shape index (κ2) is 41.8. The number of thioether (sulfide) groups is 1. The molecule has 2 aromatic carbocycles. The topological polar surface area (TPSA) is 35.5 Å². The Morgan fingerprint density at radius 2 is 0.787 bits per heavy atom. The Morgan fingerprint density at radius 3 is 1.18 bits per heavy atom. The van der Waals surface area contributed by atoms with Crippen molar-refractivity contribution in [3.8, 4) is 11.5 Å². The second-order valence-corrected chi connectivity index (χ2v) is 19.3. The highest BCUT2D eigenvalue weighted by atomic mass is 32.2. The zero-order chi connectivity index (χ0) is 43.5. The van der Waals surface area contributed by atoms with Crippen LogP contribution < -0.4 is 9.47 Å². The predicted molar refractivity (Wildman–Crippen MR) is 271 cm³/mol. The Bertz CT molecular complexity index is 1290. The minimum Gasteiger partial charge on any atom is -0.490 e. The normalized spacial score (nSPS) is 11.5. The van der Waals surface area contributed by atoms with Gasteiger partial charge in [-0.25, -0.2) is 0 Å². The number of benzene rings is 2. The molecule has 0 saturated carbocycles. The van der Waals surface area contributed by atoms with E-state index >= 15 is 0 Å². The number of unbranched alkanes of at least 4 members (excludes halogenated alkanes) is 33. The fraction of sp³-hybridized carbons (Fsp3) is 0.737. The van der Waals surface area contributed by atoms with Crippen molar-refractivity contribution in [1.82, 2.24) is 0 Å². The molecule has 0 unspecified atom stereocenters. The molecular weight excluding hydrogens is 765 g/mol. The van der Waals surface area contributed by atoms with E-state index in [1.54, 1.807) is 6.08 Å². The van der Waals surface area contributed by atoms with Crippen LogP contribution in [0.5, 0.6) is 11.5 Å². The van der Waals surface area contributed by atoms with Crippen LogP contribution in [0.4, 0.5) is 0 Å². The van der Waals surface area contributed by atoms with Gasteiger partial charge in [-0.2, -0.15) is 0 Å². The lowest BCUT2D eigenvalue weighted by molar-refractivity contribution is 0.104. The highest BCUT2D eigenvalue weighted by Gasteiger charge is 2.09. The maximum atomic E-state index is 13.0. The molecular formula is C57H96O3S. The monoisotopic (exact) mass is 861 g/mol. The van der Waals surface area contributed by atoms with Gasteiger partial charge in [0.25, 0.3) is 0 Å². The van der Waals surface area contributed by atoms with Crippen molar-refractivity contribution in [1.29, 1.82) is 0 Å². The lowest BCUT2D eigenvalue weighted by Crippen LogP contribution is -2.03. The standard InChI is InChI=1S/C57H96O3S/c1-4-7-10-12-14-16-18-20-22-24-26-28-30-32-34-36-38-48-59-56-47-41-52(40-46-55(58)53-42-44-54(45-43-53)61-50-9-6-3)51-57(56)60-49-39-37-35-33-31-29-27-25-23-21-19-17-15-13-11-8-5-2/h40-47,51H,4-39,48-50H2,1-3H3/b46-40+. The van der Waals surface area contributed by atoms with Crippen molar-refractivity contribution in [2.24, 2.45) is 0 Å². The lowest BCUT2D eigenvalue weighted by atomic mass is 10.0. The molecule has 0 spiro atoms. The number of carbonyl (C=O) groups is 1. The van der Waals surface area contributed by atoms with Gasteiger partial charge in [0.05, 0.1) is 13.2 Å². The van der Waals surface area contributed by atoms with E-state index in [2.05, 4.69) is 39.0 Å². The number of carbonyl (C=O) groups excluding carboxylic acids is 1. The van der Waals surface area contributed by atoms with Crippen molar-refractivity contribution >= 4 is 23.6 Å². The van der Waals surface area contributed by atoms with Gasteiger partial charge in [0.15, 0.2) is 17.3 Å². The van der Waals surface area contributed by atoms with Crippen LogP contribution in [-0.2, 0) is 0 Å². The Kier molecular flexibility index (Phi) is 37.6. The molecule has 0 aliphatic carbocycles. The first-order valence-corrected chi connectivity index (χ1v) is 27.5. The zero-order valence-corrected chi connectivity index (χ0v) is 41.2. The van der Waals surface area contributed by atoms with Crippen molar-refractivity contribution in [3.63, 3.8) is 0 Å². The SMILES string of the molecule is CCCCCCCCCCCCCCCCCCCOc1ccc(/C=C/C(=O)c2ccc(SCCCC)cc2)cc1OCCCCCCCCCCCCCCCCCCC. The van der Waals surface area contributed by atoms with Gasteiger partial charge in [0.2, 0.25) is 0 Å². The minimum atomic E-state index is 0.0233. The summed E-state index contributed by atoms with van der Waals surface area (Å²) in [6.45, 7) is 8.23. The molecule has 0 aromatic heterocycles. The fourth-order valence-corrected chi connectivity index (χ4v) is 9.19. The Morgan fingerprint density at radius 1 is 0.426 bits per heavy atom. The molecule has 2 aromatic rings. The van der Waals surface area contributed by atoms with Gasteiger partial charge in [-0.15, -0.1) is 11.8 Å². The molecule has 0 heterocycles. The van der Waals surface area contributed by atoms with Crippen molar-refractivity contribution < 1.29 is 14.3 Å². The largest absolute Gasteiger partial charge is 0.490 e. The van der Waals surface area contributed by atoms with Gasteiger partial charge < -0.3 is 9.47 Å². The van der Waals surface area contributed by atoms with Crippen molar-refractivity contribution in [3.05, 3.63) is 59.7 Å². The maximum Gasteiger partial charge on any atom is 0.185 e. The third-order valence-electron chi connectivity index (χ3n) is 12.3. The molecule has 0 saturated heterocycles. The molecule has 0 fully saturated rings. The summed E-state index contributed by atoms with van der Waals surface area (Å²) in [7, 11) is 0. The van der Waals surface area contributed by atoms with E-state index in [1.165, 1.54) is 223 Å². The van der Waals surface area contributed by atoms with E-state index in [-0.39, 0.29) is 5.78 Å². The van der Waals surface area contributed by atoms with Crippen molar-refractivity contribution in [2.45, 2.75) is 257 Å². The molecule has 3 nitrogen and oxygen atoms in total. The summed E-state index contributed by atoms with van der Waals surface area (Å²) in [5, 5.41) is 0. The van der Waals surface area contributed by atoms with E-state index in [9.17, 15) is 4.79 Å².